The number of anilines is 1. The van der Waals surface area contributed by atoms with Crippen molar-refractivity contribution < 1.29 is 9.53 Å². The summed E-state index contributed by atoms with van der Waals surface area (Å²) in [5.74, 6) is -0.209. The molecule has 0 spiro atoms. The Morgan fingerprint density at radius 1 is 1.36 bits per heavy atom. The summed E-state index contributed by atoms with van der Waals surface area (Å²) in [4.78, 5) is 11.9. The van der Waals surface area contributed by atoms with Gasteiger partial charge in [0, 0.05) is 30.5 Å². The summed E-state index contributed by atoms with van der Waals surface area (Å²) in [6, 6.07) is 0. The molecule has 7 nitrogen and oxygen atoms in total. The summed E-state index contributed by atoms with van der Waals surface area (Å²) in [5.41, 5.74) is 2.61. The third-order valence-electron chi connectivity index (χ3n) is 3.18. The van der Waals surface area contributed by atoms with Crippen molar-refractivity contribution in [3.63, 3.8) is 0 Å². The van der Waals surface area contributed by atoms with Gasteiger partial charge in [-0.05, 0) is 26.8 Å². The molecule has 0 atom stereocenters. The van der Waals surface area contributed by atoms with Gasteiger partial charge in [-0.15, -0.1) is 0 Å². The quantitative estimate of drug-likeness (QED) is 0.794. The zero-order chi connectivity index (χ0) is 15.9. The Kier molecular flexibility index (Phi) is 5.48. The van der Waals surface area contributed by atoms with Gasteiger partial charge >= 0.3 is 0 Å². The third-order valence-corrected chi connectivity index (χ3v) is 3.18. The van der Waals surface area contributed by atoms with E-state index in [2.05, 4.69) is 15.5 Å². The molecule has 2 rings (SSSR count). The number of nitrogens with one attached hydrogen (secondary N) is 1. The molecular weight excluding hydrogens is 282 g/mol. The van der Waals surface area contributed by atoms with Crippen LogP contribution in [0.25, 0.3) is 6.08 Å². The molecule has 0 unspecified atom stereocenters. The van der Waals surface area contributed by atoms with Gasteiger partial charge in [0.05, 0.1) is 24.3 Å². The van der Waals surface area contributed by atoms with Crippen LogP contribution in [0.15, 0.2) is 24.7 Å². The van der Waals surface area contributed by atoms with E-state index in [-0.39, 0.29) is 5.91 Å². The van der Waals surface area contributed by atoms with E-state index in [1.54, 1.807) is 29.3 Å². The average molecular weight is 303 g/mol. The molecule has 0 aliphatic heterocycles. The number of nitrogens with zero attached hydrogens (tertiary/aromatic N) is 4. The van der Waals surface area contributed by atoms with Crippen LogP contribution in [0, 0.1) is 6.92 Å². The fraction of sp³-hybridized carbons (Fsp3) is 0.400. The molecule has 0 saturated heterocycles. The van der Waals surface area contributed by atoms with Gasteiger partial charge in [-0.3, -0.25) is 9.48 Å². The minimum atomic E-state index is -0.209. The normalized spacial score (nSPS) is 11.2. The zero-order valence-electron chi connectivity index (χ0n) is 13.1. The van der Waals surface area contributed by atoms with E-state index in [4.69, 9.17) is 4.74 Å². The van der Waals surface area contributed by atoms with Gasteiger partial charge < -0.3 is 10.1 Å². The monoisotopic (exact) mass is 303 g/mol. The Bertz CT molecular complexity index is 657. The van der Waals surface area contributed by atoms with Crippen LogP contribution in [0.5, 0.6) is 0 Å². The van der Waals surface area contributed by atoms with Crippen LogP contribution in [0.1, 0.15) is 25.1 Å². The lowest BCUT2D eigenvalue weighted by molar-refractivity contribution is -0.111. The highest BCUT2D eigenvalue weighted by Gasteiger charge is 2.04. The van der Waals surface area contributed by atoms with Crippen LogP contribution in [-0.2, 0) is 22.8 Å². The SMILES string of the molecule is CCOCn1cc(NC(=O)/C=C/c2cnn(CC)c2C)cn1. The summed E-state index contributed by atoms with van der Waals surface area (Å²) >= 11 is 0. The maximum Gasteiger partial charge on any atom is 0.248 e. The highest BCUT2D eigenvalue weighted by Crippen LogP contribution is 2.10. The van der Waals surface area contributed by atoms with Crippen molar-refractivity contribution in [1.82, 2.24) is 19.6 Å². The van der Waals surface area contributed by atoms with E-state index in [1.807, 2.05) is 25.5 Å². The van der Waals surface area contributed by atoms with Crippen LogP contribution >= 0.6 is 0 Å². The molecule has 0 aromatic carbocycles. The first-order valence-corrected chi connectivity index (χ1v) is 7.25. The van der Waals surface area contributed by atoms with E-state index in [1.165, 1.54) is 6.08 Å². The van der Waals surface area contributed by atoms with Crippen LogP contribution in [-0.4, -0.2) is 32.1 Å². The summed E-state index contributed by atoms with van der Waals surface area (Å²) in [7, 11) is 0. The number of rotatable bonds is 7. The lowest BCUT2D eigenvalue weighted by Crippen LogP contribution is -2.07. The van der Waals surface area contributed by atoms with Gasteiger partial charge in [-0.25, -0.2) is 4.68 Å². The molecule has 0 radical (unpaired) electrons. The van der Waals surface area contributed by atoms with Crippen molar-refractivity contribution in [3.05, 3.63) is 35.9 Å². The van der Waals surface area contributed by atoms with E-state index in [0.29, 0.717) is 19.0 Å². The van der Waals surface area contributed by atoms with Gasteiger partial charge in [0.1, 0.15) is 6.73 Å². The molecule has 0 bridgehead atoms. The van der Waals surface area contributed by atoms with Gasteiger partial charge in [-0.1, -0.05) is 0 Å². The molecule has 0 saturated carbocycles. The predicted octanol–water partition coefficient (Wildman–Crippen LogP) is 2.05. The zero-order valence-corrected chi connectivity index (χ0v) is 13.1. The minimum Gasteiger partial charge on any atom is -0.360 e. The molecule has 118 valence electrons. The van der Waals surface area contributed by atoms with E-state index >= 15 is 0 Å². The Morgan fingerprint density at radius 2 is 2.18 bits per heavy atom. The van der Waals surface area contributed by atoms with Gasteiger partial charge in [-0.2, -0.15) is 10.2 Å². The first kappa shape index (κ1) is 16.0. The van der Waals surface area contributed by atoms with Crippen LogP contribution in [0.4, 0.5) is 5.69 Å². The van der Waals surface area contributed by atoms with E-state index < -0.39 is 0 Å². The van der Waals surface area contributed by atoms with Crippen molar-refractivity contribution >= 4 is 17.7 Å². The second kappa shape index (κ2) is 7.56. The van der Waals surface area contributed by atoms with Crippen molar-refractivity contribution in [2.24, 2.45) is 0 Å². The number of aromatic nitrogens is 4. The maximum atomic E-state index is 11.9. The topological polar surface area (TPSA) is 74.0 Å². The molecule has 0 aliphatic rings. The fourth-order valence-electron chi connectivity index (χ4n) is 1.98. The molecule has 1 amide bonds. The summed E-state index contributed by atoms with van der Waals surface area (Å²) in [6.07, 6.45) is 8.31. The number of carbonyl (C=O) groups is 1. The number of hydrogen-bond donors (Lipinski definition) is 1. The Balaban J connectivity index is 1.93. The highest BCUT2D eigenvalue weighted by molar-refractivity contribution is 6.01. The average Bonchev–Trinajstić information content (AvgIpc) is 3.09. The smallest absolute Gasteiger partial charge is 0.248 e. The second-order valence-electron chi connectivity index (χ2n) is 4.71. The van der Waals surface area contributed by atoms with Gasteiger partial charge in [0.2, 0.25) is 5.91 Å². The first-order valence-electron chi connectivity index (χ1n) is 7.25. The van der Waals surface area contributed by atoms with Crippen molar-refractivity contribution in [2.45, 2.75) is 34.0 Å². The van der Waals surface area contributed by atoms with E-state index in [9.17, 15) is 4.79 Å². The van der Waals surface area contributed by atoms with Crippen molar-refractivity contribution in [2.75, 3.05) is 11.9 Å². The van der Waals surface area contributed by atoms with Crippen molar-refractivity contribution in [3.8, 4) is 0 Å². The minimum absolute atomic E-state index is 0.209. The molecule has 2 heterocycles. The lowest BCUT2D eigenvalue weighted by atomic mass is 10.2. The van der Waals surface area contributed by atoms with Crippen LogP contribution < -0.4 is 5.32 Å². The van der Waals surface area contributed by atoms with Gasteiger partial charge in [0.15, 0.2) is 0 Å². The standard InChI is InChI=1S/C15H21N5O2/c1-4-20-12(3)13(8-17-20)6-7-15(21)18-14-9-16-19(10-14)11-22-5-2/h6-10H,4-5,11H2,1-3H3,(H,18,21)/b7-6+. The molecular formula is C15H21N5O2. The largest absolute Gasteiger partial charge is 0.360 e. The number of amides is 1. The molecule has 0 fully saturated rings. The predicted molar refractivity (Wildman–Crippen MR) is 84.2 cm³/mol. The fourth-order valence-corrected chi connectivity index (χ4v) is 1.98. The summed E-state index contributed by atoms with van der Waals surface area (Å²) < 4.78 is 8.74. The molecule has 7 heteroatoms. The number of hydrogen-bond acceptors (Lipinski definition) is 4. The lowest BCUT2D eigenvalue weighted by Gasteiger charge is -2.00. The van der Waals surface area contributed by atoms with Crippen LogP contribution in [0.2, 0.25) is 0 Å². The maximum absolute atomic E-state index is 11.9. The number of aryl methyl sites for hydroxylation is 1. The molecule has 0 aliphatic carbocycles. The molecule has 22 heavy (non-hydrogen) atoms. The van der Waals surface area contributed by atoms with Crippen LogP contribution in [0.3, 0.4) is 0 Å². The second-order valence-corrected chi connectivity index (χ2v) is 4.71. The molecule has 2 aromatic rings. The van der Waals surface area contributed by atoms with Crippen molar-refractivity contribution in [1.29, 1.82) is 0 Å². The third kappa shape index (κ3) is 4.05. The Labute approximate surface area is 129 Å². The Morgan fingerprint density at radius 3 is 2.86 bits per heavy atom. The molecule has 2 aromatic heterocycles. The molecule has 1 N–H and O–H groups in total. The summed E-state index contributed by atoms with van der Waals surface area (Å²) in [5, 5.41) is 11.1. The number of ether oxygens (including phenoxy) is 1. The highest BCUT2D eigenvalue weighted by atomic mass is 16.5. The summed E-state index contributed by atoms with van der Waals surface area (Å²) in [6.45, 7) is 7.73. The van der Waals surface area contributed by atoms with Gasteiger partial charge in [0.25, 0.3) is 0 Å². The number of carbonyl (C=O) groups excluding carboxylic acids is 1. The van der Waals surface area contributed by atoms with E-state index in [0.717, 1.165) is 17.8 Å². The first-order chi connectivity index (χ1) is 10.6. The Hall–Kier alpha value is -2.41.